The summed E-state index contributed by atoms with van der Waals surface area (Å²) in [5.41, 5.74) is 4.26. The largest absolute Gasteiger partial charge is 0.352 e. The lowest BCUT2D eigenvalue weighted by molar-refractivity contribution is 0.916. The van der Waals surface area contributed by atoms with Crippen LogP contribution in [0.1, 0.15) is 35.6 Å². The molecule has 5 rings (SSSR count). The van der Waals surface area contributed by atoms with Crippen LogP contribution in [-0.4, -0.2) is 14.5 Å². The van der Waals surface area contributed by atoms with Gasteiger partial charge in [-0.2, -0.15) is 4.98 Å². The highest BCUT2D eigenvalue weighted by Gasteiger charge is 2.24. The first kappa shape index (κ1) is 17.1. The highest BCUT2D eigenvalue weighted by molar-refractivity contribution is 6.32. The van der Waals surface area contributed by atoms with Crippen molar-refractivity contribution in [2.75, 3.05) is 0 Å². The van der Waals surface area contributed by atoms with Gasteiger partial charge in [0.2, 0.25) is 0 Å². The minimum atomic E-state index is -0.313. The predicted octanol–water partition coefficient (Wildman–Crippen LogP) is 4.90. The van der Waals surface area contributed by atoms with E-state index in [-0.39, 0.29) is 5.69 Å². The molecule has 1 aliphatic rings. The Balaban J connectivity index is 1.77. The summed E-state index contributed by atoms with van der Waals surface area (Å²) in [6, 6.07) is 17.7. The minimum Gasteiger partial charge on any atom is -0.264 e. The van der Waals surface area contributed by atoms with Crippen LogP contribution in [0.4, 0.5) is 0 Å². The van der Waals surface area contributed by atoms with E-state index in [1.807, 2.05) is 36.5 Å². The van der Waals surface area contributed by atoms with Crippen LogP contribution in [0.5, 0.6) is 0 Å². The third-order valence-electron chi connectivity index (χ3n) is 5.23. The van der Waals surface area contributed by atoms with Crippen molar-refractivity contribution in [2.45, 2.75) is 25.2 Å². The Hall–Kier alpha value is -2.98. The fourth-order valence-corrected chi connectivity index (χ4v) is 3.89. The van der Waals surface area contributed by atoms with E-state index in [4.69, 9.17) is 11.6 Å². The molecule has 0 bridgehead atoms. The first-order valence-electron chi connectivity index (χ1n) is 9.40. The summed E-state index contributed by atoms with van der Waals surface area (Å²) < 4.78 is 1.64. The monoisotopic (exact) mass is 387 g/mol. The van der Waals surface area contributed by atoms with Crippen LogP contribution >= 0.6 is 11.6 Å². The number of benzene rings is 2. The lowest BCUT2D eigenvalue weighted by Gasteiger charge is -2.15. The molecular formula is C23H18ClN3O. The third kappa shape index (κ3) is 3.10. The van der Waals surface area contributed by atoms with Crippen molar-refractivity contribution in [3.63, 3.8) is 0 Å². The zero-order valence-corrected chi connectivity index (χ0v) is 15.9. The fraction of sp³-hybridized carbons (Fsp3) is 0.174. The number of fused-ring (bicyclic) bond motifs is 1. The summed E-state index contributed by atoms with van der Waals surface area (Å²) in [5, 5.41) is 1.50. The average Bonchev–Trinajstić information content (AvgIpc) is 3.55. The molecule has 5 heteroatoms. The third-order valence-corrected chi connectivity index (χ3v) is 5.55. The van der Waals surface area contributed by atoms with Crippen molar-refractivity contribution >= 4 is 22.5 Å². The van der Waals surface area contributed by atoms with E-state index in [1.54, 1.807) is 16.8 Å². The maximum absolute atomic E-state index is 13.1. The molecule has 28 heavy (non-hydrogen) atoms. The Morgan fingerprint density at radius 1 is 1.07 bits per heavy atom. The Morgan fingerprint density at radius 2 is 1.93 bits per heavy atom. The number of hydrogen-bond donors (Lipinski definition) is 0. The molecule has 4 nitrogen and oxygen atoms in total. The molecule has 2 aromatic heterocycles. The van der Waals surface area contributed by atoms with Crippen molar-refractivity contribution in [3.05, 3.63) is 99.3 Å². The van der Waals surface area contributed by atoms with Gasteiger partial charge >= 0.3 is 5.69 Å². The maximum Gasteiger partial charge on any atom is 0.352 e. The number of para-hydroxylation sites is 1. The Bertz CT molecular complexity index is 1230. The first-order valence-corrected chi connectivity index (χ1v) is 9.78. The first-order chi connectivity index (χ1) is 13.7. The lowest BCUT2D eigenvalue weighted by Crippen LogP contribution is -2.24. The maximum atomic E-state index is 13.1. The molecule has 0 saturated heterocycles. The summed E-state index contributed by atoms with van der Waals surface area (Å²) in [5.74, 6) is 0.592. The average molecular weight is 388 g/mol. The van der Waals surface area contributed by atoms with Gasteiger partial charge in [-0.1, -0.05) is 41.9 Å². The van der Waals surface area contributed by atoms with Crippen LogP contribution in [0.25, 0.3) is 16.6 Å². The molecule has 1 aliphatic carbocycles. The van der Waals surface area contributed by atoms with E-state index in [0.717, 1.165) is 22.2 Å². The molecule has 1 saturated carbocycles. The normalized spacial score (nSPS) is 13.8. The molecule has 4 aromatic rings. The van der Waals surface area contributed by atoms with Crippen LogP contribution in [-0.2, 0) is 6.42 Å². The standard InChI is InChI=1S/C23H18ClN3O/c24-19-5-1-2-6-21(19)27-22-13-17(16-7-8-16)9-10-18(22)20(26-23(27)28)12-15-4-3-11-25-14-15/h1-6,9-11,13-14,16H,7-8,12H2. The second-order valence-electron chi connectivity index (χ2n) is 7.22. The molecule has 2 heterocycles. The lowest BCUT2D eigenvalue weighted by atomic mass is 10.0. The Labute approximate surface area is 167 Å². The van der Waals surface area contributed by atoms with Crippen molar-refractivity contribution in [2.24, 2.45) is 0 Å². The van der Waals surface area contributed by atoms with Crippen LogP contribution < -0.4 is 5.69 Å². The molecule has 0 aliphatic heterocycles. The van der Waals surface area contributed by atoms with Crippen molar-refractivity contribution in [3.8, 4) is 5.69 Å². The quantitative estimate of drug-likeness (QED) is 0.500. The number of halogens is 1. The molecule has 0 radical (unpaired) electrons. The topological polar surface area (TPSA) is 47.8 Å². The number of hydrogen-bond acceptors (Lipinski definition) is 3. The Morgan fingerprint density at radius 3 is 2.68 bits per heavy atom. The molecule has 0 unspecified atom stereocenters. The van der Waals surface area contributed by atoms with Gasteiger partial charge in [-0.25, -0.2) is 4.79 Å². The zero-order chi connectivity index (χ0) is 19.1. The molecule has 0 spiro atoms. The van der Waals surface area contributed by atoms with Crippen molar-refractivity contribution in [1.82, 2.24) is 14.5 Å². The van der Waals surface area contributed by atoms with E-state index in [0.29, 0.717) is 23.0 Å². The van der Waals surface area contributed by atoms with E-state index >= 15 is 0 Å². The second-order valence-corrected chi connectivity index (χ2v) is 7.62. The fourth-order valence-electron chi connectivity index (χ4n) is 3.67. The van der Waals surface area contributed by atoms with Gasteiger partial charge in [-0.05, 0) is 54.2 Å². The number of pyridine rings is 1. The van der Waals surface area contributed by atoms with Gasteiger partial charge < -0.3 is 0 Å². The summed E-state index contributed by atoms with van der Waals surface area (Å²) in [6.45, 7) is 0. The van der Waals surface area contributed by atoms with Gasteiger partial charge in [0.1, 0.15) is 0 Å². The summed E-state index contributed by atoms with van der Waals surface area (Å²) in [7, 11) is 0. The van der Waals surface area contributed by atoms with Crippen LogP contribution in [0.15, 0.2) is 71.8 Å². The number of aromatic nitrogens is 3. The molecule has 138 valence electrons. The predicted molar refractivity (Wildman–Crippen MR) is 111 cm³/mol. The number of rotatable bonds is 4. The SMILES string of the molecule is O=c1nc(Cc2cccnc2)c2ccc(C3CC3)cc2n1-c1ccccc1Cl. The highest BCUT2D eigenvalue weighted by atomic mass is 35.5. The summed E-state index contributed by atoms with van der Waals surface area (Å²) in [4.78, 5) is 21.7. The minimum absolute atomic E-state index is 0.313. The van der Waals surface area contributed by atoms with Gasteiger partial charge in [0.15, 0.2) is 0 Å². The molecule has 0 atom stereocenters. The van der Waals surface area contributed by atoms with Gasteiger partial charge in [0.05, 0.1) is 21.9 Å². The number of nitrogens with zero attached hydrogens (tertiary/aromatic N) is 3. The van der Waals surface area contributed by atoms with Crippen LogP contribution in [0, 0.1) is 0 Å². The van der Waals surface area contributed by atoms with Crippen LogP contribution in [0.2, 0.25) is 5.02 Å². The summed E-state index contributed by atoms with van der Waals surface area (Å²) in [6.07, 6.45) is 6.52. The van der Waals surface area contributed by atoms with E-state index in [1.165, 1.54) is 18.4 Å². The van der Waals surface area contributed by atoms with Crippen LogP contribution in [0.3, 0.4) is 0 Å². The summed E-state index contributed by atoms with van der Waals surface area (Å²) >= 11 is 6.42. The van der Waals surface area contributed by atoms with Gasteiger partial charge in [0.25, 0.3) is 0 Å². The van der Waals surface area contributed by atoms with Gasteiger partial charge in [-0.3, -0.25) is 9.55 Å². The van der Waals surface area contributed by atoms with Crippen molar-refractivity contribution in [1.29, 1.82) is 0 Å². The second kappa shape index (κ2) is 6.88. The molecular weight excluding hydrogens is 370 g/mol. The zero-order valence-electron chi connectivity index (χ0n) is 15.2. The van der Waals surface area contributed by atoms with Gasteiger partial charge in [0, 0.05) is 24.2 Å². The highest BCUT2D eigenvalue weighted by Crippen LogP contribution is 2.41. The van der Waals surface area contributed by atoms with E-state index < -0.39 is 0 Å². The molecule has 1 fully saturated rings. The smallest absolute Gasteiger partial charge is 0.264 e. The van der Waals surface area contributed by atoms with E-state index in [9.17, 15) is 4.79 Å². The Kier molecular flexibility index (Phi) is 4.21. The van der Waals surface area contributed by atoms with Crippen molar-refractivity contribution < 1.29 is 0 Å². The molecule has 2 aromatic carbocycles. The van der Waals surface area contributed by atoms with Gasteiger partial charge in [-0.15, -0.1) is 0 Å². The molecule has 0 amide bonds. The van der Waals surface area contributed by atoms with E-state index in [2.05, 4.69) is 28.2 Å². The molecule has 0 N–H and O–H groups in total.